The fourth-order valence-corrected chi connectivity index (χ4v) is 2.54. The number of carbonyl (C=O) groups is 1. The fourth-order valence-electron chi connectivity index (χ4n) is 2.54. The molecule has 7 nitrogen and oxygen atoms in total. The highest BCUT2D eigenvalue weighted by atomic mass is 16.1. The van der Waals surface area contributed by atoms with E-state index in [1.165, 1.54) is 0 Å². The lowest BCUT2D eigenvalue weighted by Crippen LogP contribution is -2.47. The molecule has 1 aliphatic rings. The van der Waals surface area contributed by atoms with E-state index in [4.69, 9.17) is 0 Å². The van der Waals surface area contributed by atoms with Crippen molar-refractivity contribution >= 4 is 23.4 Å². The average Bonchev–Trinajstić information content (AvgIpc) is 2.63. The van der Waals surface area contributed by atoms with E-state index in [1.54, 1.807) is 6.07 Å². The summed E-state index contributed by atoms with van der Waals surface area (Å²) in [7, 11) is 0. The van der Waals surface area contributed by atoms with E-state index in [0.717, 1.165) is 37.8 Å². The molecule has 0 spiro atoms. The van der Waals surface area contributed by atoms with Crippen molar-refractivity contribution in [1.82, 2.24) is 15.2 Å². The lowest BCUT2D eigenvalue weighted by atomic mass is 10.2. The minimum atomic E-state index is -0.0776. The van der Waals surface area contributed by atoms with Crippen LogP contribution in [0.15, 0.2) is 36.5 Å². The van der Waals surface area contributed by atoms with Crippen LogP contribution in [0.3, 0.4) is 0 Å². The van der Waals surface area contributed by atoms with Gasteiger partial charge in [-0.05, 0) is 24.3 Å². The number of aromatic nitrogens is 3. The smallest absolute Gasteiger partial charge is 0.228 e. The summed E-state index contributed by atoms with van der Waals surface area (Å²) in [6.07, 6.45) is 1.82. The van der Waals surface area contributed by atoms with Crippen LogP contribution in [0.25, 0.3) is 0 Å². The first kappa shape index (κ1) is 16.2. The van der Waals surface area contributed by atoms with Gasteiger partial charge in [-0.15, -0.1) is 10.2 Å². The van der Waals surface area contributed by atoms with Crippen LogP contribution in [0.2, 0.25) is 0 Å². The molecule has 0 aliphatic carbocycles. The molecule has 3 rings (SSSR count). The lowest BCUT2D eigenvalue weighted by molar-refractivity contribution is -0.118. The van der Waals surface area contributed by atoms with E-state index in [9.17, 15) is 4.79 Å². The van der Waals surface area contributed by atoms with Gasteiger partial charge in [-0.3, -0.25) is 4.79 Å². The molecule has 0 bridgehead atoms. The van der Waals surface area contributed by atoms with Gasteiger partial charge in [0.1, 0.15) is 5.82 Å². The van der Waals surface area contributed by atoms with Crippen molar-refractivity contribution in [2.24, 2.45) is 5.92 Å². The normalized spacial score (nSPS) is 14.8. The van der Waals surface area contributed by atoms with Crippen molar-refractivity contribution < 1.29 is 4.79 Å². The molecule has 1 saturated heterocycles. The number of carbonyl (C=O) groups excluding carboxylic acids is 1. The molecule has 0 atom stereocenters. The van der Waals surface area contributed by atoms with Gasteiger partial charge in [-0.1, -0.05) is 19.9 Å². The van der Waals surface area contributed by atoms with Gasteiger partial charge in [0.25, 0.3) is 0 Å². The average molecular weight is 326 g/mol. The number of nitrogens with zero attached hydrogens (tertiary/aromatic N) is 5. The van der Waals surface area contributed by atoms with E-state index in [2.05, 4.69) is 30.3 Å². The zero-order valence-corrected chi connectivity index (χ0v) is 14.0. The quantitative estimate of drug-likeness (QED) is 0.923. The van der Waals surface area contributed by atoms with Crippen LogP contribution in [0, 0.1) is 5.92 Å². The van der Waals surface area contributed by atoms with Crippen LogP contribution in [0.1, 0.15) is 13.8 Å². The second kappa shape index (κ2) is 7.25. The second-order valence-electron chi connectivity index (χ2n) is 6.08. The Kier molecular flexibility index (Phi) is 4.88. The number of amides is 1. The SMILES string of the molecule is CC(C)C(=O)Nc1ccc(N2CCN(c3ccccn3)CC2)nn1. The van der Waals surface area contributed by atoms with Crippen molar-refractivity contribution in [3.8, 4) is 0 Å². The number of anilines is 3. The third kappa shape index (κ3) is 3.79. The van der Waals surface area contributed by atoms with Gasteiger partial charge in [-0.2, -0.15) is 0 Å². The Labute approximate surface area is 141 Å². The highest BCUT2D eigenvalue weighted by Crippen LogP contribution is 2.17. The molecule has 1 amide bonds. The molecule has 24 heavy (non-hydrogen) atoms. The number of nitrogens with one attached hydrogen (secondary N) is 1. The van der Waals surface area contributed by atoms with Crippen LogP contribution in [0.5, 0.6) is 0 Å². The minimum absolute atomic E-state index is 0.0546. The number of hydrogen-bond acceptors (Lipinski definition) is 6. The highest BCUT2D eigenvalue weighted by molar-refractivity contribution is 5.91. The summed E-state index contributed by atoms with van der Waals surface area (Å²) >= 11 is 0. The molecule has 126 valence electrons. The summed E-state index contributed by atoms with van der Waals surface area (Å²) in [5, 5.41) is 11.1. The maximum Gasteiger partial charge on any atom is 0.228 e. The van der Waals surface area contributed by atoms with Crippen molar-refractivity contribution in [3.05, 3.63) is 36.5 Å². The van der Waals surface area contributed by atoms with Crippen LogP contribution in [-0.2, 0) is 4.79 Å². The molecule has 0 saturated carbocycles. The van der Waals surface area contributed by atoms with E-state index in [-0.39, 0.29) is 11.8 Å². The zero-order chi connectivity index (χ0) is 16.9. The van der Waals surface area contributed by atoms with Crippen molar-refractivity contribution in [2.75, 3.05) is 41.3 Å². The van der Waals surface area contributed by atoms with E-state index < -0.39 is 0 Å². The molecule has 0 unspecified atom stereocenters. The van der Waals surface area contributed by atoms with Crippen LogP contribution >= 0.6 is 0 Å². The summed E-state index contributed by atoms with van der Waals surface area (Å²) in [5.41, 5.74) is 0. The second-order valence-corrected chi connectivity index (χ2v) is 6.08. The monoisotopic (exact) mass is 326 g/mol. The van der Waals surface area contributed by atoms with Gasteiger partial charge >= 0.3 is 0 Å². The van der Waals surface area contributed by atoms with Gasteiger partial charge in [0, 0.05) is 38.3 Å². The Morgan fingerprint density at radius 2 is 1.71 bits per heavy atom. The molecule has 1 fully saturated rings. The van der Waals surface area contributed by atoms with E-state index in [1.807, 2.05) is 44.3 Å². The standard InChI is InChI=1S/C17H22N6O/c1-13(2)17(24)19-14-6-7-16(21-20-14)23-11-9-22(10-12-23)15-5-3-4-8-18-15/h3-8,13H,9-12H2,1-2H3,(H,19,20,24). The molecule has 2 aromatic heterocycles. The zero-order valence-electron chi connectivity index (χ0n) is 14.0. The van der Waals surface area contributed by atoms with Gasteiger partial charge < -0.3 is 15.1 Å². The minimum Gasteiger partial charge on any atom is -0.353 e. The fraction of sp³-hybridized carbons (Fsp3) is 0.412. The molecule has 3 heterocycles. The third-order valence-corrected chi connectivity index (χ3v) is 4.00. The first-order valence-electron chi connectivity index (χ1n) is 8.19. The Hall–Kier alpha value is -2.70. The molecular formula is C17H22N6O. The first-order chi connectivity index (χ1) is 11.6. The number of pyridine rings is 1. The number of hydrogen-bond donors (Lipinski definition) is 1. The van der Waals surface area contributed by atoms with Crippen LogP contribution < -0.4 is 15.1 Å². The Morgan fingerprint density at radius 3 is 2.25 bits per heavy atom. The van der Waals surface area contributed by atoms with Crippen LogP contribution in [0.4, 0.5) is 17.5 Å². The molecule has 0 radical (unpaired) electrons. The Morgan fingerprint density at radius 1 is 1.00 bits per heavy atom. The molecule has 0 aromatic carbocycles. The topological polar surface area (TPSA) is 74.2 Å². The van der Waals surface area contributed by atoms with Crippen molar-refractivity contribution in [3.63, 3.8) is 0 Å². The number of rotatable bonds is 4. The lowest BCUT2D eigenvalue weighted by Gasteiger charge is -2.35. The third-order valence-electron chi connectivity index (χ3n) is 4.00. The summed E-state index contributed by atoms with van der Waals surface area (Å²) < 4.78 is 0. The maximum absolute atomic E-state index is 11.7. The Balaban J connectivity index is 1.57. The van der Waals surface area contributed by atoms with Gasteiger partial charge in [0.05, 0.1) is 0 Å². The van der Waals surface area contributed by atoms with Gasteiger partial charge in [0.2, 0.25) is 5.91 Å². The highest BCUT2D eigenvalue weighted by Gasteiger charge is 2.19. The molecule has 7 heteroatoms. The first-order valence-corrected chi connectivity index (χ1v) is 8.19. The largest absolute Gasteiger partial charge is 0.353 e. The molecule has 2 aromatic rings. The van der Waals surface area contributed by atoms with Crippen molar-refractivity contribution in [1.29, 1.82) is 0 Å². The summed E-state index contributed by atoms with van der Waals surface area (Å²) in [6.45, 7) is 7.21. The summed E-state index contributed by atoms with van der Waals surface area (Å²) in [6, 6.07) is 9.66. The predicted molar refractivity (Wildman–Crippen MR) is 94.2 cm³/mol. The summed E-state index contributed by atoms with van der Waals surface area (Å²) in [4.78, 5) is 20.5. The molecular weight excluding hydrogens is 304 g/mol. The van der Waals surface area contributed by atoms with E-state index >= 15 is 0 Å². The maximum atomic E-state index is 11.7. The Bertz CT molecular complexity index is 665. The number of piperazine rings is 1. The molecule has 1 N–H and O–H groups in total. The van der Waals surface area contributed by atoms with Crippen LogP contribution in [-0.4, -0.2) is 47.3 Å². The molecule has 1 aliphatic heterocycles. The van der Waals surface area contributed by atoms with Crippen molar-refractivity contribution in [2.45, 2.75) is 13.8 Å². The predicted octanol–water partition coefficient (Wildman–Crippen LogP) is 1.79. The van der Waals surface area contributed by atoms with Gasteiger partial charge in [0.15, 0.2) is 11.6 Å². The summed E-state index contributed by atoms with van der Waals surface area (Å²) in [5.74, 6) is 2.20. The van der Waals surface area contributed by atoms with E-state index in [0.29, 0.717) is 5.82 Å². The van der Waals surface area contributed by atoms with Gasteiger partial charge in [-0.25, -0.2) is 4.98 Å².